The highest BCUT2D eigenvalue weighted by molar-refractivity contribution is 5.76. The molecule has 1 aliphatic rings. The monoisotopic (exact) mass is 384 g/mol. The van der Waals surface area contributed by atoms with Crippen molar-refractivity contribution in [2.24, 2.45) is 11.1 Å². The number of nitrogens with two attached hydrogens (primary N) is 1. The van der Waals surface area contributed by atoms with Gasteiger partial charge in [-0.2, -0.15) is 0 Å². The van der Waals surface area contributed by atoms with Gasteiger partial charge in [0.05, 0.1) is 6.10 Å². The molecule has 150 valence electrons. The van der Waals surface area contributed by atoms with Crippen molar-refractivity contribution in [1.29, 1.82) is 0 Å². The van der Waals surface area contributed by atoms with Crippen molar-refractivity contribution >= 4 is 5.91 Å². The maximum absolute atomic E-state index is 13.2. The van der Waals surface area contributed by atoms with E-state index in [0.717, 1.165) is 36.0 Å². The first-order valence-corrected chi connectivity index (χ1v) is 9.98. The number of aliphatic hydroxyl groups excluding tert-OH is 1. The molecule has 1 amide bonds. The average molecular weight is 384 g/mol. The fraction of sp³-hybridized carbons (Fsp3) is 0.435. The van der Waals surface area contributed by atoms with Crippen molar-refractivity contribution in [3.05, 3.63) is 71.0 Å². The summed E-state index contributed by atoms with van der Waals surface area (Å²) in [5, 5.41) is 13.6. The number of halogens is 1. The van der Waals surface area contributed by atoms with Gasteiger partial charge in [-0.05, 0) is 54.5 Å². The number of aryl methyl sites for hydroxylation is 1. The summed E-state index contributed by atoms with van der Waals surface area (Å²) in [6.07, 6.45) is 3.76. The number of aliphatic hydroxyl groups is 1. The highest BCUT2D eigenvalue weighted by Crippen LogP contribution is 2.40. The SMILES string of the molecule is NCc1cccc(CCC(=O)NCC2(Cc3ccc(F)cc3)CCCC2O)c1. The Morgan fingerprint density at radius 3 is 2.61 bits per heavy atom. The van der Waals surface area contributed by atoms with Crippen molar-refractivity contribution in [2.45, 2.75) is 51.2 Å². The van der Waals surface area contributed by atoms with Gasteiger partial charge in [-0.25, -0.2) is 4.39 Å². The van der Waals surface area contributed by atoms with Crippen LogP contribution < -0.4 is 11.1 Å². The fourth-order valence-corrected chi connectivity index (χ4v) is 4.14. The van der Waals surface area contributed by atoms with Crippen molar-refractivity contribution < 1.29 is 14.3 Å². The molecule has 1 fully saturated rings. The van der Waals surface area contributed by atoms with Crippen LogP contribution in [0.3, 0.4) is 0 Å². The van der Waals surface area contributed by atoms with Gasteiger partial charge >= 0.3 is 0 Å². The van der Waals surface area contributed by atoms with Gasteiger partial charge in [0.15, 0.2) is 0 Å². The van der Waals surface area contributed by atoms with Gasteiger partial charge in [-0.15, -0.1) is 0 Å². The molecule has 3 rings (SSSR count). The van der Waals surface area contributed by atoms with Crippen LogP contribution in [0.2, 0.25) is 0 Å². The average Bonchev–Trinajstić information content (AvgIpc) is 3.07. The van der Waals surface area contributed by atoms with Crippen LogP contribution in [0.15, 0.2) is 48.5 Å². The normalized spacial score (nSPS) is 21.6. The Morgan fingerprint density at radius 1 is 1.18 bits per heavy atom. The van der Waals surface area contributed by atoms with Crippen LogP contribution in [-0.4, -0.2) is 23.7 Å². The van der Waals surface area contributed by atoms with E-state index in [4.69, 9.17) is 5.73 Å². The number of amides is 1. The highest BCUT2D eigenvalue weighted by atomic mass is 19.1. The molecule has 28 heavy (non-hydrogen) atoms. The van der Waals surface area contributed by atoms with E-state index in [1.807, 2.05) is 24.3 Å². The van der Waals surface area contributed by atoms with Crippen LogP contribution in [0.4, 0.5) is 4.39 Å². The van der Waals surface area contributed by atoms with Gasteiger partial charge in [0.2, 0.25) is 5.91 Å². The van der Waals surface area contributed by atoms with E-state index in [2.05, 4.69) is 5.32 Å². The van der Waals surface area contributed by atoms with Gasteiger partial charge in [-0.1, -0.05) is 42.8 Å². The van der Waals surface area contributed by atoms with E-state index in [9.17, 15) is 14.3 Å². The molecule has 0 saturated heterocycles. The first-order valence-electron chi connectivity index (χ1n) is 9.98. The molecule has 0 bridgehead atoms. The van der Waals surface area contributed by atoms with Crippen molar-refractivity contribution in [3.63, 3.8) is 0 Å². The molecule has 5 heteroatoms. The number of benzene rings is 2. The van der Waals surface area contributed by atoms with Gasteiger partial charge in [0.1, 0.15) is 5.82 Å². The second kappa shape index (κ2) is 9.30. The molecule has 0 radical (unpaired) electrons. The summed E-state index contributed by atoms with van der Waals surface area (Å²) >= 11 is 0. The van der Waals surface area contributed by atoms with E-state index in [-0.39, 0.29) is 17.1 Å². The van der Waals surface area contributed by atoms with Crippen molar-refractivity contribution in [2.75, 3.05) is 6.54 Å². The third-order valence-corrected chi connectivity index (χ3v) is 5.83. The summed E-state index contributed by atoms with van der Waals surface area (Å²) in [5.41, 5.74) is 8.42. The van der Waals surface area contributed by atoms with Crippen LogP contribution >= 0.6 is 0 Å². The number of rotatable bonds is 8. The molecular formula is C23H29FN2O2. The third-order valence-electron chi connectivity index (χ3n) is 5.83. The van der Waals surface area contributed by atoms with Crippen LogP contribution in [-0.2, 0) is 24.2 Å². The Morgan fingerprint density at radius 2 is 1.93 bits per heavy atom. The second-order valence-corrected chi connectivity index (χ2v) is 7.87. The lowest BCUT2D eigenvalue weighted by Gasteiger charge is -2.33. The molecule has 0 spiro atoms. The zero-order valence-electron chi connectivity index (χ0n) is 16.2. The summed E-state index contributed by atoms with van der Waals surface area (Å²) in [6.45, 7) is 0.928. The lowest BCUT2D eigenvalue weighted by molar-refractivity contribution is -0.121. The summed E-state index contributed by atoms with van der Waals surface area (Å²) in [5.74, 6) is -0.285. The second-order valence-electron chi connectivity index (χ2n) is 7.87. The Hall–Kier alpha value is -2.24. The Balaban J connectivity index is 1.57. The minimum absolute atomic E-state index is 0.0178. The Kier molecular flexibility index (Phi) is 6.81. The molecule has 2 aromatic rings. The number of carbonyl (C=O) groups is 1. The third kappa shape index (κ3) is 5.18. The zero-order valence-corrected chi connectivity index (χ0v) is 16.2. The highest BCUT2D eigenvalue weighted by Gasteiger charge is 2.42. The van der Waals surface area contributed by atoms with Crippen LogP contribution in [0.25, 0.3) is 0 Å². The lowest BCUT2D eigenvalue weighted by atomic mass is 9.78. The van der Waals surface area contributed by atoms with Crippen LogP contribution in [0.5, 0.6) is 0 Å². The molecule has 4 nitrogen and oxygen atoms in total. The number of carbonyl (C=O) groups excluding carboxylic acids is 1. The minimum atomic E-state index is -0.459. The van der Waals surface area contributed by atoms with Crippen LogP contribution in [0.1, 0.15) is 42.4 Å². The zero-order chi connectivity index (χ0) is 20.0. The molecule has 1 aliphatic carbocycles. The molecule has 0 aromatic heterocycles. The van der Waals surface area contributed by atoms with Gasteiger partial charge in [0.25, 0.3) is 0 Å². The van der Waals surface area contributed by atoms with E-state index < -0.39 is 6.10 Å². The van der Waals surface area contributed by atoms with Crippen LogP contribution in [0, 0.1) is 11.2 Å². The van der Waals surface area contributed by atoms with Gasteiger partial charge < -0.3 is 16.2 Å². The lowest BCUT2D eigenvalue weighted by Crippen LogP contribution is -2.44. The number of hydrogen-bond acceptors (Lipinski definition) is 3. The van der Waals surface area contributed by atoms with Crippen molar-refractivity contribution in [1.82, 2.24) is 5.32 Å². The minimum Gasteiger partial charge on any atom is -0.392 e. The molecule has 0 heterocycles. The largest absolute Gasteiger partial charge is 0.392 e. The quantitative estimate of drug-likeness (QED) is 0.655. The number of hydrogen-bond donors (Lipinski definition) is 3. The molecule has 4 N–H and O–H groups in total. The van der Waals surface area contributed by atoms with E-state index in [1.165, 1.54) is 12.1 Å². The molecule has 0 aliphatic heterocycles. The topological polar surface area (TPSA) is 75.4 Å². The standard InChI is InChI=1S/C23H29FN2O2/c24-20-9-6-18(7-10-20)14-23(12-2-5-21(23)27)16-26-22(28)11-8-17-3-1-4-19(13-17)15-25/h1,3-4,6-7,9-10,13,21,27H,2,5,8,11-12,14-16,25H2,(H,26,28). The summed E-state index contributed by atoms with van der Waals surface area (Å²) in [6, 6.07) is 14.4. The first-order chi connectivity index (χ1) is 13.5. The summed E-state index contributed by atoms with van der Waals surface area (Å²) in [4.78, 5) is 12.4. The predicted octanol–water partition coefficient (Wildman–Crippen LogP) is 3.11. The molecule has 2 unspecified atom stereocenters. The molecular weight excluding hydrogens is 355 g/mol. The van der Waals surface area contributed by atoms with Crippen molar-refractivity contribution in [3.8, 4) is 0 Å². The maximum atomic E-state index is 13.2. The molecule has 1 saturated carbocycles. The van der Waals surface area contributed by atoms with E-state index in [0.29, 0.717) is 32.4 Å². The Bertz CT molecular complexity index is 793. The molecule has 2 atom stereocenters. The first kappa shape index (κ1) is 20.5. The predicted molar refractivity (Wildman–Crippen MR) is 108 cm³/mol. The smallest absolute Gasteiger partial charge is 0.220 e. The number of nitrogens with one attached hydrogen (secondary N) is 1. The van der Waals surface area contributed by atoms with Gasteiger partial charge in [-0.3, -0.25) is 4.79 Å². The van der Waals surface area contributed by atoms with E-state index >= 15 is 0 Å². The maximum Gasteiger partial charge on any atom is 0.220 e. The summed E-state index contributed by atoms with van der Waals surface area (Å²) < 4.78 is 13.2. The fourth-order valence-electron chi connectivity index (χ4n) is 4.14. The van der Waals surface area contributed by atoms with E-state index in [1.54, 1.807) is 12.1 Å². The summed E-state index contributed by atoms with van der Waals surface area (Å²) in [7, 11) is 0. The Labute approximate surface area is 166 Å². The molecule has 2 aromatic carbocycles. The van der Waals surface area contributed by atoms with Gasteiger partial charge in [0, 0.05) is 24.9 Å².